The minimum Gasteiger partial charge on any atom is -0.487 e. The molecule has 0 saturated heterocycles. The second-order valence-electron chi connectivity index (χ2n) is 9.88. The number of benzene rings is 2. The Kier molecular flexibility index (Phi) is 17.0. The summed E-state index contributed by atoms with van der Waals surface area (Å²) in [6.45, 7) is 6.45. The van der Waals surface area contributed by atoms with E-state index >= 15 is 0 Å². The maximum absolute atomic E-state index is 12.3. The van der Waals surface area contributed by atoms with Gasteiger partial charge in [-0.3, -0.25) is 9.59 Å². The van der Waals surface area contributed by atoms with Crippen LogP contribution in [-0.2, 0) is 38.0 Å². The molecule has 2 amide bonds. The van der Waals surface area contributed by atoms with E-state index in [2.05, 4.69) is 21.1 Å². The number of fused-ring (bicyclic) bond motifs is 2. The molecule has 0 radical (unpaired) electrons. The molecule has 48 heavy (non-hydrogen) atoms. The van der Waals surface area contributed by atoms with Gasteiger partial charge in [0.15, 0.2) is 23.0 Å². The molecule has 0 aliphatic carbocycles. The number of hydrogen-bond acceptors (Lipinski definition) is 14. The molecule has 2 aromatic rings. The molecule has 0 aromatic heterocycles. The van der Waals surface area contributed by atoms with Crippen molar-refractivity contribution in [2.24, 2.45) is 10.2 Å². The van der Waals surface area contributed by atoms with Crippen LogP contribution in [0.3, 0.4) is 0 Å². The van der Waals surface area contributed by atoms with E-state index in [1.807, 2.05) is 0 Å². The van der Waals surface area contributed by atoms with Crippen molar-refractivity contribution in [1.29, 1.82) is 0 Å². The largest absolute Gasteiger partial charge is 0.487 e. The lowest BCUT2D eigenvalue weighted by Gasteiger charge is -2.13. The van der Waals surface area contributed by atoms with Crippen molar-refractivity contribution in [3.8, 4) is 23.0 Å². The Balaban J connectivity index is 1.26. The van der Waals surface area contributed by atoms with E-state index in [4.69, 9.17) is 47.4 Å². The lowest BCUT2D eigenvalue weighted by atomic mass is 10.2. The zero-order valence-electron chi connectivity index (χ0n) is 26.7. The van der Waals surface area contributed by atoms with Crippen molar-refractivity contribution in [3.05, 3.63) is 47.5 Å². The molecule has 262 valence electrons. The number of hydrogen-bond donors (Lipinski definition) is 2. The van der Waals surface area contributed by atoms with Crippen LogP contribution < -0.4 is 29.8 Å². The van der Waals surface area contributed by atoms with Gasteiger partial charge in [0.2, 0.25) is 0 Å². The van der Waals surface area contributed by atoms with E-state index < -0.39 is 11.8 Å². The van der Waals surface area contributed by atoms with Gasteiger partial charge in [0.1, 0.15) is 26.4 Å². The van der Waals surface area contributed by atoms with Gasteiger partial charge >= 0.3 is 11.8 Å². The maximum Gasteiger partial charge on any atom is 0.331 e. The second-order valence-corrected chi connectivity index (χ2v) is 9.88. The Hall–Kier alpha value is -4.32. The number of nitrogens with one attached hydrogen (secondary N) is 2. The number of amides is 2. The summed E-state index contributed by atoms with van der Waals surface area (Å²) in [6.07, 6.45) is 2.74. The molecule has 0 saturated carbocycles. The average Bonchev–Trinajstić information content (AvgIpc) is 3.11. The van der Waals surface area contributed by atoms with E-state index in [9.17, 15) is 9.59 Å². The van der Waals surface area contributed by atoms with Crippen LogP contribution in [0.1, 0.15) is 11.1 Å². The molecule has 2 aromatic carbocycles. The zero-order chi connectivity index (χ0) is 33.5. The molecule has 2 aliphatic heterocycles. The fraction of sp³-hybridized carbons (Fsp3) is 0.500. The predicted molar refractivity (Wildman–Crippen MR) is 171 cm³/mol. The van der Waals surface area contributed by atoms with Crippen LogP contribution in [0.5, 0.6) is 23.0 Å². The monoisotopic (exact) mass is 674 g/mol. The molecule has 16 nitrogen and oxygen atoms in total. The van der Waals surface area contributed by atoms with E-state index in [1.54, 1.807) is 36.4 Å². The molecule has 0 bridgehead atoms. The zero-order valence-corrected chi connectivity index (χ0v) is 26.7. The van der Waals surface area contributed by atoms with Gasteiger partial charge in [0.25, 0.3) is 0 Å². The SMILES string of the molecule is O=C(N/N=C/c1ccc2c(c1)OCCOCCOCCOCCO2)C(=O)N/N=C/c1ccc2c(c1)OCCOCCOCCOCCO2. The summed E-state index contributed by atoms with van der Waals surface area (Å²) in [6, 6.07) is 10.3. The molecule has 16 heteroatoms. The lowest BCUT2D eigenvalue weighted by molar-refractivity contribution is -0.139. The van der Waals surface area contributed by atoms with Crippen molar-refractivity contribution < 1.29 is 57.0 Å². The molecule has 0 unspecified atom stereocenters. The topological polar surface area (TPSA) is 175 Å². The summed E-state index contributed by atoms with van der Waals surface area (Å²) in [5.41, 5.74) is 5.55. The molecular formula is C32H42N4O12. The van der Waals surface area contributed by atoms with Gasteiger partial charge in [0.05, 0.1) is 91.7 Å². The van der Waals surface area contributed by atoms with Gasteiger partial charge in [-0.15, -0.1) is 0 Å². The third-order valence-corrected chi connectivity index (χ3v) is 6.33. The van der Waals surface area contributed by atoms with Gasteiger partial charge < -0.3 is 47.4 Å². The lowest BCUT2D eigenvalue weighted by Crippen LogP contribution is -2.35. The average molecular weight is 675 g/mol. The van der Waals surface area contributed by atoms with E-state index in [1.165, 1.54) is 12.4 Å². The quantitative estimate of drug-likeness (QED) is 0.267. The van der Waals surface area contributed by atoms with Crippen LogP contribution in [-0.4, -0.2) is 130 Å². The van der Waals surface area contributed by atoms with Gasteiger partial charge in [-0.25, -0.2) is 10.9 Å². The summed E-state index contributed by atoms with van der Waals surface area (Å²) in [7, 11) is 0. The predicted octanol–water partition coefficient (Wildman–Crippen LogP) is 0.929. The minimum atomic E-state index is -1.01. The highest BCUT2D eigenvalue weighted by Crippen LogP contribution is 2.29. The van der Waals surface area contributed by atoms with Crippen LogP contribution in [0.4, 0.5) is 0 Å². The molecule has 0 fully saturated rings. The first-order valence-corrected chi connectivity index (χ1v) is 15.6. The fourth-order valence-electron chi connectivity index (χ4n) is 4.03. The third kappa shape index (κ3) is 14.2. The Morgan fingerprint density at radius 1 is 0.438 bits per heavy atom. The van der Waals surface area contributed by atoms with Crippen LogP contribution >= 0.6 is 0 Å². The fourth-order valence-corrected chi connectivity index (χ4v) is 4.03. The van der Waals surface area contributed by atoms with Crippen molar-refractivity contribution >= 4 is 24.2 Å². The maximum atomic E-state index is 12.3. The Labute approximate surface area is 278 Å². The molecule has 2 heterocycles. The summed E-state index contributed by atoms with van der Waals surface area (Å²) in [5.74, 6) is -0.0554. The van der Waals surface area contributed by atoms with Crippen molar-refractivity contribution in [2.45, 2.75) is 0 Å². The molecule has 0 spiro atoms. The van der Waals surface area contributed by atoms with Crippen molar-refractivity contribution in [2.75, 3.05) is 106 Å². The van der Waals surface area contributed by atoms with Crippen LogP contribution in [0, 0.1) is 0 Å². The number of rotatable bonds is 4. The van der Waals surface area contributed by atoms with Crippen molar-refractivity contribution in [1.82, 2.24) is 10.9 Å². The van der Waals surface area contributed by atoms with Gasteiger partial charge in [-0.1, -0.05) is 0 Å². The van der Waals surface area contributed by atoms with Gasteiger partial charge in [0, 0.05) is 0 Å². The van der Waals surface area contributed by atoms with E-state index in [0.717, 1.165) is 0 Å². The van der Waals surface area contributed by atoms with Crippen molar-refractivity contribution in [3.63, 3.8) is 0 Å². The number of carbonyl (C=O) groups excluding carboxylic acids is 2. The Morgan fingerprint density at radius 2 is 0.729 bits per heavy atom. The number of nitrogens with zero attached hydrogens (tertiary/aromatic N) is 2. The van der Waals surface area contributed by atoms with Gasteiger partial charge in [-0.05, 0) is 47.5 Å². The Bertz CT molecular complexity index is 1230. The molecule has 2 aliphatic rings. The molecule has 4 rings (SSSR count). The first-order valence-electron chi connectivity index (χ1n) is 15.6. The summed E-state index contributed by atoms with van der Waals surface area (Å²) in [4.78, 5) is 24.6. The highest BCUT2D eigenvalue weighted by atomic mass is 16.6. The number of hydrazone groups is 2. The molecule has 2 N–H and O–H groups in total. The molecule has 0 atom stereocenters. The summed E-state index contributed by atoms with van der Waals surface area (Å²) < 4.78 is 56.1. The Morgan fingerprint density at radius 3 is 1.06 bits per heavy atom. The summed E-state index contributed by atoms with van der Waals surface area (Å²) in [5, 5.41) is 7.75. The smallest absolute Gasteiger partial charge is 0.331 e. The third-order valence-electron chi connectivity index (χ3n) is 6.33. The minimum absolute atomic E-state index is 0.289. The number of carbonyl (C=O) groups is 2. The highest BCUT2D eigenvalue weighted by Gasteiger charge is 2.13. The second kappa shape index (κ2) is 22.3. The normalized spacial score (nSPS) is 18.1. The standard InChI is InChI=1S/C32H42N4O12/c37-31(35-33-23-25-1-3-27-29(21-25)47-19-15-43-11-7-39-5-9-41-13-17-45-27)32(38)36-34-24-26-2-4-28-30(22-26)48-20-16-44-12-8-40-6-10-42-14-18-46-28/h1-4,21-24H,5-20H2,(H,35,37)(H,36,38)/b33-23+,34-24+. The van der Waals surface area contributed by atoms with E-state index in [0.29, 0.717) is 127 Å². The highest BCUT2D eigenvalue weighted by molar-refractivity contribution is 6.35. The van der Waals surface area contributed by atoms with Gasteiger partial charge in [-0.2, -0.15) is 10.2 Å². The van der Waals surface area contributed by atoms with Crippen LogP contribution in [0.25, 0.3) is 0 Å². The van der Waals surface area contributed by atoms with Crippen LogP contribution in [0.2, 0.25) is 0 Å². The number of ether oxygens (including phenoxy) is 10. The molecular weight excluding hydrogens is 632 g/mol. The van der Waals surface area contributed by atoms with E-state index in [-0.39, 0.29) is 13.2 Å². The summed E-state index contributed by atoms with van der Waals surface area (Å²) >= 11 is 0. The van der Waals surface area contributed by atoms with Crippen LogP contribution in [0.15, 0.2) is 46.6 Å². The first-order chi connectivity index (χ1) is 23.7. The first kappa shape index (κ1) is 36.5.